The Hall–Kier alpha value is -2.16. The van der Waals surface area contributed by atoms with Crippen LogP contribution in [0.1, 0.15) is 37.3 Å². The fraction of sp³-hybridized carbons (Fsp3) is 0.364. The van der Waals surface area contributed by atoms with E-state index in [1.54, 1.807) is 19.2 Å². The van der Waals surface area contributed by atoms with Crippen molar-refractivity contribution < 1.29 is 9.18 Å². The summed E-state index contributed by atoms with van der Waals surface area (Å²) in [6.45, 7) is 5.32. The maximum atomic E-state index is 13.6. The summed E-state index contributed by atoms with van der Waals surface area (Å²) in [5, 5.41) is 9.56. The van der Waals surface area contributed by atoms with Crippen molar-refractivity contribution in [2.45, 2.75) is 31.6 Å². The first-order valence-electron chi connectivity index (χ1n) is 9.48. The zero-order valence-corrected chi connectivity index (χ0v) is 19.3. The number of para-hydroxylation sites is 1. The average molecular weight is 510 g/mol. The molecule has 1 aliphatic rings. The lowest BCUT2D eigenvalue weighted by molar-refractivity contribution is -0.116. The van der Waals surface area contributed by atoms with E-state index in [0.717, 1.165) is 16.8 Å². The monoisotopic (exact) mass is 510 g/mol. The Morgan fingerprint density at radius 1 is 1.21 bits per heavy atom. The highest BCUT2D eigenvalue weighted by Gasteiger charge is 2.25. The van der Waals surface area contributed by atoms with Crippen LogP contribution in [-0.4, -0.2) is 32.0 Å². The molecule has 0 aliphatic carbocycles. The number of anilines is 1. The van der Waals surface area contributed by atoms with Gasteiger partial charge in [-0.2, -0.15) is 0 Å². The van der Waals surface area contributed by atoms with Gasteiger partial charge in [0.25, 0.3) is 0 Å². The van der Waals surface area contributed by atoms with E-state index in [9.17, 15) is 9.18 Å². The number of hydrogen-bond acceptors (Lipinski definition) is 2. The molecule has 7 heteroatoms. The van der Waals surface area contributed by atoms with Crippen LogP contribution < -0.4 is 16.0 Å². The van der Waals surface area contributed by atoms with Crippen molar-refractivity contribution in [1.29, 1.82) is 0 Å². The Labute approximate surface area is 188 Å². The minimum absolute atomic E-state index is 0. The lowest BCUT2D eigenvalue weighted by Crippen LogP contribution is -2.45. The molecular weight excluding hydrogens is 482 g/mol. The molecule has 0 fully saturated rings. The van der Waals surface area contributed by atoms with Crippen molar-refractivity contribution in [2.75, 3.05) is 25.5 Å². The molecule has 0 spiro atoms. The molecule has 1 amide bonds. The van der Waals surface area contributed by atoms with Gasteiger partial charge in [-0.1, -0.05) is 44.2 Å². The minimum Gasteiger partial charge on any atom is -0.356 e. The van der Waals surface area contributed by atoms with E-state index >= 15 is 0 Å². The van der Waals surface area contributed by atoms with Gasteiger partial charge in [-0.05, 0) is 29.3 Å². The van der Waals surface area contributed by atoms with Crippen molar-refractivity contribution in [2.24, 2.45) is 4.99 Å². The smallest absolute Gasteiger partial charge is 0.225 e. The summed E-state index contributed by atoms with van der Waals surface area (Å²) in [5.74, 6) is 0.538. The first-order chi connectivity index (χ1) is 13.4. The summed E-state index contributed by atoms with van der Waals surface area (Å²) in [6.07, 6.45) is 0.440. The van der Waals surface area contributed by atoms with E-state index in [0.29, 0.717) is 25.5 Å². The summed E-state index contributed by atoms with van der Waals surface area (Å²) < 4.78 is 13.6. The van der Waals surface area contributed by atoms with Gasteiger partial charge in [0, 0.05) is 43.6 Å². The van der Waals surface area contributed by atoms with Gasteiger partial charge in [0.2, 0.25) is 5.91 Å². The molecule has 0 saturated carbocycles. The number of amides is 1. The molecule has 3 N–H and O–H groups in total. The van der Waals surface area contributed by atoms with Crippen molar-refractivity contribution >= 4 is 41.5 Å². The highest BCUT2D eigenvalue weighted by Crippen LogP contribution is 2.31. The molecule has 0 bridgehead atoms. The number of halogens is 2. The SMILES string of the molecule is CN=C(NCC1CC(=O)Nc2ccccc21)NCC(C)(C)c1cccc(F)c1.I. The number of rotatable bonds is 5. The predicted octanol–water partition coefficient (Wildman–Crippen LogP) is 4.01. The second-order valence-electron chi connectivity index (χ2n) is 7.74. The van der Waals surface area contributed by atoms with Crippen LogP contribution in [0.25, 0.3) is 0 Å². The Balaban J connectivity index is 0.00000300. The second kappa shape index (κ2) is 10.0. The van der Waals surface area contributed by atoms with Crippen LogP contribution in [0, 0.1) is 5.82 Å². The fourth-order valence-corrected chi connectivity index (χ4v) is 3.44. The number of guanidine groups is 1. The number of hydrogen-bond donors (Lipinski definition) is 3. The summed E-state index contributed by atoms with van der Waals surface area (Å²) in [6, 6.07) is 14.5. The van der Waals surface area contributed by atoms with Crippen LogP contribution in [0.15, 0.2) is 53.5 Å². The quantitative estimate of drug-likeness (QED) is 0.324. The maximum Gasteiger partial charge on any atom is 0.225 e. The number of carbonyl (C=O) groups excluding carboxylic acids is 1. The average Bonchev–Trinajstić information content (AvgIpc) is 2.67. The molecule has 1 heterocycles. The molecular formula is C22H28FIN4O. The van der Waals surface area contributed by atoms with Crippen molar-refractivity contribution in [1.82, 2.24) is 10.6 Å². The third kappa shape index (κ3) is 5.91. The third-order valence-electron chi connectivity index (χ3n) is 5.15. The van der Waals surface area contributed by atoms with Gasteiger partial charge in [0.15, 0.2) is 5.96 Å². The maximum absolute atomic E-state index is 13.6. The van der Waals surface area contributed by atoms with Crippen molar-refractivity contribution in [3.05, 3.63) is 65.5 Å². The van der Waals surface area contributed by atoms with Crippen LogP contribution in [0.2, 0.25) is 0 Å². The van der Waals surface area contributed by atoms with E-state index in [4.69, 9.17) is 0 Å². The lowest BCUT2D eigenvalue weighted by atomic mass is 9.84. The number of benzene rings is 2. The minimum atomic E-state index is -0.267. The number of fused-ring (bicyclic) bond motifs is 1. The highest BCUT2D eigenvalue weighted by molar-refractivity contribution is 14.0. The fourth-order valence-electron chi connectivity index (χ4n) is 3.44. The molecule has 5 nitrogen and oxygen atoms in total. The van der Waals surface area contributed by atoms with Gasteiger partial charge in [0.05, 0.1) is 0 Å². The predicted molar refractivity (Wildman–Crippen MR) is 127 cm³/mol. The summed E-state index contributed by atoms with van der Waals surface area (Å²) in [7, 11) is 1.71. The number of nitrogens with zero attached hydrogens (tertiary/aromatic N) is 1. The Morgan fingerprint density at radius 2 is 1.97 bits per heavy atom. The van der Waals surface area contributed by atoms with Crippen LogP contribution in [0.4, 0.5) is 10.1 Å². The molecule has 1 atom stereocenters. The molecule has 29 heavy (non-hydrogen) atoms. The largest absolute Gasteiger partial charge is 0.356 e. The van der Waals surface area contributed by atoms with Gasteiger partial charge in [0.1, 0.15) is 5.82 Å². The number of nitrogens with one attached hydrogen (secondary N) is 3. The van der Waals surface area contributed by atoms with Crippen LogP contribution >= 0.6 is 24.0 Å². The van der Waals surface area contributed by atoms with E-state index in [1.807, 2.05) is 30.3 Å². The molecule has 1 aliphatic heterocycles. The van der Waals surface area contributed by atoms with Crippen LogP contribution in [0.5, 0.6) is 0 Å². The van der Waals surface area contributed by atoms with Gasteiger partial charge >= 0.3 is 0 Å². The van der Waals surface area contributed by atoms with Gasteiger partial charge < -0.3 is 16.0 Å². The van der Waals surface area contributed by atoms with Gasteiger partial charge in [-0.3, -0.25) is 9.79 Å². The number of aliphatic imine (C=N–C) groups is 1. The summed E-state index contributed by atoms with van der Waals surface area (Å²) in [4.78, 5) is 16.3. The Kier molecular flexibility index (Phi) is 8.01. The topological polar surface area (TPSA) is 65.5 Å². The van der Waals surface area contributed by atoms with E-state index in [-0.39, 0.29) is 47.0 Å². The molecule has 2 aromatic carbocycles. The van der Waals surface area contributed by atoms with E-state index in [1.165, 1.54) is 6.07 Å². The zero-order chi connectivity index (χ0) is 20.1. The van der Waals surface area contributed by atoms with Gasteiger partial charge in [-0.15, -0.1) is 24.0 Å². The molecule has 156 valence electrons. The first-order valence-corrected chi connectivity index (χ1v) is 9.48. The standard InChI is InChI=1S/C22H27FN4O.HI/c1-22(2,16-7-6-8-17(23)12-16)14-26-21(24-3)25-13-15-11-20(28)27-19-10-5-4-9-18(15)19;/h4-10,12,15H,11,13-14H2,1-3H3,(H,27,28)(H2,24,25,26);1H. The molecule has 0 saturated heterocycles. The second-order valence-corrected chi connectivity index (χ2v) is 7.74. The van der Waals surface area contributed by atoms with Crippen LogP contribution in [-0.2, 0) is 10.2 Å². The number of carbonyl (C=O) groups is 1. The highest BCUT2D eigenvalue weighted by atomic mass is 127. The molecule has 0 radical (unpaired) electrons. The van der Waals surface area contributed by atoms with E-state index in [2.05, 4.69) is 34.8 Å². The lowest BCUT2D eigenvalue weighted by Gasteiger charge is -2.28. The normalized spacial score (nSPS) is 16.3. The zero-order valence-electron chi connectivity index (χ0n) is 17.0. The summed E-state index contributed by atoms with van der Waals surface area (Å²) in [5.41, 5.74) is 2.66. The molecule has 0 aromatic heterocycles. The van der Waals surface area contributed by atoms with Crippen LogP contribution in [0.3, 0.4) is 0 Å². The third-order valence-corrected chi connectivity index (χ3v) is 5.15. The van der Waals surface area contributed by atoms with Crippen molar-refractivity contribution in [3.8, 4) is 0 Å². The Morgan fingerprint density at radius 3 is 2.69 bits per heavy atom. The van der Waals surface area contributed by atoms with Gasteiger partial charge in [-0.25, -0.2) is 4.39 Å². The Bertz CT molecular complexity index is 885. The molecule has 1 unspecified atom stereocenters. The molecule has 2 aromatic rings. The summed E-state index contributed by atoms with van der Waals surface area (Å²) >= 11 is 0. The molecule has 3 rings (SSSR count). The van der Waals surface area contributed by atoms with E-state index < -0.39 is 0 Å². The first kappa shape index (κ1) is 23.1. The van der Waals surface area contributed by atoms with Crippen molar-refractivity contribution in [3.63, 3.8) is 0 Å².